The van der Waals surface area contributed by atoms with Crippen LogP contribution in [0, 0.1) is 6.92 Å². The number of aromatic nitrogens is 2. The lowest BCUT2D eigenvalue weighted by Gasteiger charge is -2.22. The predicted molar refractivity (Wildman–Crippen MR) is 79.9 cm³/mol. The summed E-state index contributed by atoms with van der Waals surface area (Å²) in [5.74, 6) is 1.31. The summed E-state index contributed by atoms with van der Waals surface area (Å²) in [6.45, 7) is 8.91. The van der Waals surface area contributed by atoms with Crippen molar-refractivity contribution in [3.05, 3.63) is 47.2 Å². The molecule has 1 aromatic heterocycles. The lowest BCUT2D eigenvalue weighted by atomic mass is 9.86. The first-order valence-corrected chi connectivity index (χ1v) is 6.72. The Bertz CT molecular complexity index is 586. The van der Waals surface area contributed by atoms with Crippen molar-refractivity contribution in [3.63, 3.8) is 0 Å². The molecule has 1 heterocycles. The molecule has 0 amide bonds. The third-order valence-electron chi connectivity index (χ3n) is 3.06. The molecule has 0 aliphatic heterocycles. The maximum absolute atomic E-state index is 5.90. The van der Waals surface area contributed by atoms with Gasteiger partial charge in [0.2, 0.25) is 5.88 Å². The number of nitrogens with zero attached hydrogens (tertiary/aromatic N) is 2. The van der Waals surface area contributed by atoms with Crippen molar-refractivity contribution >= 4 is 0 Å². The molecule has 0 saturated carbocycles. The molecule has 0 saturated heterocycles. The fourth-order valence-electron chi connectivity index (χ4n) is 1.96. The minimum absolute atomic E-state index is 0.00760. The van der Waals surface area contributed by atoms with Gasteiger partial charge < -0.3 is 10.5 Å². The van der Waals surface area contributed by atoms with E-state index in [1.165, 1.54) is 0 Å². The summed E-state index contributed by atoms with van der Waals surface area (Å²) in [6, 6.07) is 9.85. The molecule has 0 aliphatic carbocycles. The number of benzene rings is 1. The Hall–Kier alpha value is -1.94. The third kappa shape index (κ3) is 3.33. The molecule has 2 aromatic rings. The van der Waals surface area contributed by atoms with Crippen molar-refractivity contribution in [2.24, 2.45) is 5.73 Å². The van der Waals surface area contributed by atoms with E-state index in [0.29, 0.717) is 12.4 Å². The average molecular weight is 271 g/mol. The Labute approximate surface area is 120 Å². The minimum atomic E-state index is 0.00760. The van der Waals surface area contributed by atoms with Crippen LogP contribution in [-0.4, -0.2) is 10.2 Å². The van der Waals surface area contributed by atoms with Crippen molar-refractivity contribution < 1.29 is 4.74 Å². The Kier molecular flexibility index (Phi) is 4.04. The van der Waals surface area contributed by atoms with Crippen LogP contribution in [0.5, 0.6) is 11.6 Å². The van der Waals surface area contributed by atoms with Crippen molar-refractivity contribution in [2.45, 2.75) is 39.7 Å². The van der Waals surface area contributed by atoms with Gasteiger partial charge in [0.05, 0.1) is 5.69 Å². The number of aryl methyl sites for hydroxylation is 1. The number of hydrogen-bond donors (Lipinski definition) is 1. The van der Waals surface area contributed by atoms with E-state index < -0.39 is 0 Å². The van der Waals surface area contributed by atoms with Gasteiger partial charge in [-0.25, -0.2) is 0 Å². The molecule has 4 nitrogen and oxygen atoms in total. The van der Waals surface area contributed by atoms with Crippen LogP contribution in [0.2, 0.25) is 0 Å². The van der Waals surface area contributed by atoms with Gasteiger partial charge in [0.25, 0.3) is 0 Å². The van der Waals surface area contributed by atoms with Gasteiger partial charge in [-0.1, -0.05) is 32.9 Å². The lowest BCUT2D eigenvalue weighted by molar-refractivity contribution is 0.432. The fourth-order valence-corrected chi connectivity index (χ4v) is 1.96. The van der Waals surface area contributed by atoms with E-state index in [4.69, 9.17) is 10.5 Å². The van der Waals surface area contributed by atoms with Gasteiger partial charge in [-0.15, -0.1) is 5.10 Å². The Morgan fingerprint density at radius 1 is 1.10 bits per heavy atom. The van der Waals surface area contributed by atoms with Gasteiger partial charge in [0.15, 0.2) is 0 Å². The normalized spacial score (nSPS) is 11.4. The van der Waals surface area contributed by atoms with Crippen LogP contribution in [0.1, 0.15) is 37.6 Å². The van der Waals surface area contributed by atoms with Gasteiger partial charge in [-0.3, -0.25) is 0 Å². The number of rotatable bonds is 3. The van der Waals surface area contributed by atoms with Crippen LogP contribution < -0.4 is 10.5 Å². The molecular weight excluding hydrogens is 250 g/mol. The summed E-state index contributed by atoms with van der Waals surface area (Å²) in [4.78, 5) is 0. The molecule has 0 radical (unpaired) electrons. The zero-order valence-electron chi connectivity index (χ0n) is 12.5. The van der Waals surface area contributed by atoms with Crippen molar-refractivity contribution in [1.82, 2.24) is 10.2 Å². The largest absolute Gasteiger partial charge is 0.437 e. The average Bonchev–Trinajstić information content (AvgIpc) is 2.38. The van der Waals surface area contributed by atoms with Gasteiger partial charge in [-0.05, 0) is 30.0 Å². The highest BCUT2D eigenvalue weighted by atomic mass is 16.5. The molecule has 2 N–H and O–H groups in total. The van der Waals surface area contributed by atoms with Crippen LogP contribution in [0.4, 0.5) is 0 Å². The van der Waals surface area contributed by atoms with E-state index in [-0.39, 0.29) is 5.41 Å². The molecule has 1 aromatic carbocycles. The van der Waals surface area contributed by atoms with Crippen LogP contribution in [0.3, 0.4) is 0 Å². The maximum Gasteiger partial charge on any atom is 0.238 e. The molecule has 0 unspecified atom stereocenters. The van der Waals surface area contributed by atoms with E-state index in [1.54, 1.807) is 6.07 Å². The molecule has 0 fully saturated rings. The summed E-state index contributed by atoms with van der Waals surface area (Å²) in [6.07, 6.45) is 0. The molecule has 4 heteroatoms. The fraction of sp³-hybridized carbons (Fsp3) is 0.375. The second kappa shape index (κ2) is 5.59. The highest BCUT2D eigenvalue weighted by Gasteiger charge is 2.19. The first-order chi connectivity index (χ1) is 9.40. The quantitative estimate of drug-likeness (QED) is 0.930. The molecule has 2 rings (SSSR count). The summed E-state index contributed by atoms with van der Waals surface area (Å²) >= 11 is 0. The van der Waals surface area contributed by atoms with Gasteiger partial charge in [0.1, 0.15) is 5.75 Å². The molecule has 106 valence electrons. The van der Waals surface area contributed by atoms with Gasteiger partial charge >= 0.3 is 0 Å². The van der Waals surface area contributed by atoms with Crippen molar-refractivity contribution in [1.29, 1.82) is 0 Å². The topological polar surface area (TPSA) is 61.0 Å². The summed E-state index contributed by atoms with van der Waals surface area (Å²) < 4.78 is 5.90. The monoisotopic (exact) mass is 271 g/mol. The molecule has 0 atom stereocenters. The molecule has 0 aliphatic rings. The highest BCUT2D eigenvalue weighted by Crippen LogP contribution is 2.34. The van der Waals surface area contributed by atoms with Crippen LogP contribution in [0.25, 0.3) is 0 Å². The second-order valence-corrected chi connectivity index (χ2v) is 5.92. The lowest BCUT2D eigenvalue weighted by Crippen LogP contribution is -2.13. The van der Waals surface area contributed by atoms with E-state index in [1.807, 2.05) is 19.1 Å². The minimum Gasteiger partial charge on any atom is -0.437 e. The first-order valence-electron chi connectivity index (χ1n) is 6.72. The van der Waals surface area contributed by atoms with Crippen LogP contribution >= 0.6 is 0 Å². The van der Waals surface area contributed by atoms with E-state index in [0.717, 1.165) is 22.6 Å². The van der Waals surface area contributed by atoms with Gasteiger partial charge in [-0.2, -0.15) is 5.10 Å². The highest BCUT2D eigenvalue weighted by molar-refractivity contribution is 5.43. The zero-order chi connectivity index (χ0) is 14.8. The summed E-state index contributed by atoms with van der Waals surface area (Å²) in [7, 11) is 0. The first kappa shape index (κ1) is 14.5. The smallest absolute Gasteiger partial charge is 0.238 e. The predicted octanol–water partition coefficient (Wildman–Crippen LogP) is 3.33. The van der Waals surface area contributed by atoms with E-state index in [9.17, 15) is 0 Å². The summed E-state index contributed by atoms with van der Waals surface area (Å²) in [5, 5.41) is 8.05. The SMILES string of the molecule is Cc1ccc(C(C)(C)C)c(Oc2ccc(CN)nn2)c1. The molecule has 0 bridgehead atoms. The number of hydrogen-bond acceptors (Lipinski definition) is 4. The maximum atomic E-state index is 5.90. The van der Waals surface area contributed by atoms with Crippen LogP contribution in [0.15, 0.2) is 30.3 Å². The van der Waals surface area contributed by atoms with Crippen molar-refractivity contribution in [3.8, 4) is 11.6 Å². The molecule has 20 heavy (non-hydrogen) atoms. The Balaban J connectivity index is 2.34. The Morgan fingerprint density at radius 2 is 1.85 bits per heavy atom. The zero-order valence-corrected chi connectivity index (χ0v) is 12.5. The van der Waals surface area contributed by atoms with E-state index in [2.05, 4.69) is 43.1 Å². The standard InChI is InChI=1S/C16H21N3O/c1-11-5-7-13(16(2,3)4)14(9-11)20-15-8-6-12(10-17)18-19-15/h5-9H,10,17H2,1-4H3. The number of ether oxygens (including phenoxy) is 1. The summed E-state index contributed by atoms with van der Waals surface area (Å²) in [5.41, 5.74) is 8.56. The van der Waals surface area contributed by atoms with E-state index >= 15 is 0 Å². The van der Waals surface area contributed by atoms with Crippen molar-refractivity contribution in [2.75, 3.05) is 0 Å². The second-order valence-electron chi connectivity index (χ2n) is 5.92. The Morgan fingerprint density at radius 3 is 2.40 bits per heavy atom. The number of nitrogens with two attached hydrogens (primary N) is 1. The van der Waals surface area contributed by atoms with Gasteiger partial charge in [0, 0.05) is 18.2 Å². The molecule has 0 spiro atoms. The molecular formula is C16H21N3O. The third-order valence-corrected chi connectivity index (χ3v) is 3.06. The van der Waals surface area contributed by atoms with Crippen LogP contribution in [-0.2, 0) is 12.0 Å².